The highest BCUT2D eigenvalue weighted by Gasteiger charge is 2.17. The smallest absolute Gasteiger partial charge is 0.177 e. The molecule has 0 spiro atoms. The van der Waals surface area contributed by atoms with E-state index in [0.29, 0.717) is 6.54 Å². The van der Waals surface area contributed by atoms with Crippen molar-refractivity contribution in [3.63, 3.8) is 0 Å². The van der Waals surface area contributed by atoms with Crippen LogP contribution >= 0.6 is 0 Å². The Bertz CT molecular complexity index is 1250. The Morgan fingerprint density at radius 1 is 1.04 bits per heavy atom. The summed E-state index contributed by atoms with van der Waals surface area (Å²) in [6, 6.07) is 10.2. The van der Waals surface area contributed by atoms with Gasteiger partial charge in [0.2, 0.25) is 0 Å². The Morgan fingerprint density at radius 2 is 1.89 bits per heavy atom. The molecular formula is C21H19N7. The number of imidazole rings is 1. The third kappa shape index (κ3) is 2.77. The maximum Gasteiger partial charge on any atom is 0.177 e. The predicted molar refractivity (Wildman–Crippen MR) is 107 cm³/mol. The lowest BCUT2D eigenvalue weighted by atomic mass is 10.0. The molecule has 0 bridgehead atoms. The van der Waals surface area contributed by atoms with Crippen LogP contribution < -0.4 is 0 Å². The van der Waals surface area contributed by atoms with Crippen LogP contribution in [0, 0.1) is 13.8 Å². The highest BCUT2D eigenvalue weighted by atomic mass is 15.3. The SMILES string of the molecule is Cc1cc(C)c(-c2nc3c(cnn3Cc3ccncc3)[nH]2)c(-n2cccn2)c1. The molecule has 5 aromatic rings. The summed E-state index contributed by atoms with van der Waals surface area (Å²) >= 11 is 0. The Kier molecular flexibility index (Phi) is 3.79. The third-order valence-corrected chi connectivity index (χ3v) is 4.81. The van der Waals surface area contributed by atoms with Crippen molar-refractivity contribution in [2.24, 2.45) is 0 Å². The first-order valence-electron chi connectivity index (χ1n) is 9.11. The van der Waals surface area contributed by atoms with Crippen LogP contribution in [0.3, 0.4) is 0 Å². The van der Waals surface area contributed by atoms with Crippen LogP contribution in [0.25, 0.3) is 28.2 Å². The van der Waals surface area contributed by atoms with Gasteiger partial charge in [0, 0.05) is 30.4 Å². The summed E-state index contributed by atoms with van der Waals surface area (Å²) in [5.74, 6) is 0.818. The molecule has 0 aliphatic carbocycles. The number of nitrogens with one attached hydrogen (secondary N) is 1. The van der Waals surface area contributed by atoms with Gasteiger partial charge in [0.15, 0.2) is 5.65 Å². The highest BCUT2D eigenvalue weighted by molar-refractivity contribution is 5.80. The van der Waals surface area contributed by atoms with Crippen molar-refractivity contribution < 1.29 is 0 Å². The molecule has 0 saturated carbocycles. The van der Waals surface area contributed by atoms with Gasteiger partial charge in [-0.05, 0) is 54.8 Å². The van der Waals surface area contributed by atoms with Gasteiger partial charge in [0.25, 0.3) is 0 Å². The zero-order valence-electron chi connectivity index (χ0n) is 15.7. The van der Waals surface area contributed by atoms with E-state index >= 15 is 0 Å². The fourth-order valence-electron chi connectivity index (χ4n) is 3.59. The summed E-state index contributed by atoms with van der Waals surface area (Å²) in [4.78, 5) is 12.4. The number of aryl methyl sites for hydroxylation is 2. The largest absolute Gasteiger partial charge is 0.335 e. The average molecular weight is 369 g/mol. The Morgan fingerprint density at radius 3 is 2.68 bits per heavy atom. The van der Waals surface area contributed by atoms with E-state index in [1.54, 1.807) is 18.6 Å². The van der Waals surface area contributed by atoms with Gasteiger partial charge in [-0.2, -0.15) is 10.2 Å². The molecule has 7 nitrogen and oxygen atoms in total. The molecule has 4 heterocycles. The predicted octanol–water partition coefficient (Wildman–Crippen LogP) is 3.67. The quantitative estimate of drug-likeness (QED) is 0.524. The van der Waals surface area contributed by atoms with Gasteiger partial charge in [0.05, 0.1) is 18.4 Å². The van der Waals surface area contributed by atoms with Crippen LogP contribution in [0.2, 0.25) is 0 Å². The van der Waals surface area contributed by atoms with E-state index < -0.39 is 0 Å². The second-order valence-electron chi connectivity index (χ2n) is 6.91. The van der Waals surface area contributed by atoms with E-state index in [-0.39, 0.29) is 0 Å². The summed E-state index contributed by atoms with van der Waals surface area (Å²) in [5, 5.41) is 8.90. The normalized spacial score (nSPS) is 11.4. The summed E-state index contributed by atoms with van der Waals surface area (Å²) < 4.78 is 3.79. The van der Waals surface area contributed by atoms with Crippen molar-refractivity contribution >= 4 is 11.2 Å². The average Bonchev–Trinajstić information content (AvgIpc) is 3.41. The minimum absolute atomic E-state index is 0.648. The number of hydrogen-bond acceptors (Lipinski definition) is 4. The van der Waals surface area contributed by atoms with Gasteiger partial charge in [0.1, 0.15) is 11.3 Å². The van der Waals surface area contributed by atoms with Crippen molar-refractivity contribution in [3.8, 4) is 17.1 Å². The fraction of sp³-hybridized carbons (Fsp3) is 0.143. The first kappa shape index (κ1) is 16.4. The number of pyridine rings is 1. The number of fused-ring (bicyclic) bond motifs is 1. The fourth-order valence-corrected chi connectivity index (χ4v) is 3.59. The van der Waals surface area contributed by atoms with E-state index in [2.05, 4.69) is 46.1 Å². The number of aromatic nitrogens is 7. The van der Waals surface area contributed by atoms with Crippen LogP contribution in [0.5, 0.6) is 0 Å². The van der Waals surface area contributed by atoms with Crippen LogP contribution in [0.15, 0.2) is 61.3 Å². The molecule has 0 saturated heterocycles. The van der Waals surface area contributed by atoms with Crippen molar-refractivity contribution in [2.75, 3.05) is 0 Å². The van der Waals surface area contributed by atoms with E-state index in [9.17, 15) is 0 Å². The summed E-state index contributed by atoms with van der Waals surface area (Å²) in [6.45, 7) is 4.84. The van der Waals surface area contributed by atoms with E-state index in [4.69, 9.17) is 4.98 Å². The molecule has 0 aliphatic heterocycles. The third-order valence-electron chi connectivity index (χ3n) is 4.81. The molecule has 138 valence electrons. The Labute approximate surface area is 161 Å². The maximum atomic E-state index is 4.89. The molecule has 7 heteroatoms. The molecule has 1 N–H and O–H groups in total. The molecule has 0 atom stereocenters. The van der Waals surface area contributed by atoms with Crippen molar-refractivity contribution in [1.29, 1.82) is 0 Å². The van der Waals surface area contributed by atoms with Crippen LogP contribution in [0.4, 0.5) is 0 Å². The molecule has 0 amide bonds. The van der Waals surface area contributed by atoms with Crippen LogP contribution in [0.1, 0.15) is 16.7 Å². The molecule has 28 heavy (non-hydrogen) atoms. The minimum Gasteiger partial charge on any atom is -0.335 e. The number of H-pyrrole nitrogens is 1. The Balaban J connectivity index is 1.63. The summed E-state index contributed by atoms with van der Waals surface area (Å²) in [5.41, 5.74) is 7.26. The molecular weight excluding hydrogens is 350 g/mol. The molecule has 0 fully saturated rings. The van der Waals surface area contributed by atoms with Gasteiger partial charge >= 0.3 is 0 Å². The minimum atomic E-state index is 0.648. The molecule has 0 radical (unpaired) electrons. The lowest BCUT2D eigenvalue weighted by molar-refractivity contribution is 0.704. The number of hydrogen-bond donors (Lipinski definition) is 1. The molecule has 1 aromatic carbocycles. The lowest BCUT2D eigenvalue weighted by Crippen LogP contribution is -2.03. The second kappa shape index (κ2) is 6.45. The summed E-state index contributed by atoms with van der Waals surface area (Å²) in [7, 11) is 0. The number of aromatic amines is 1. The van der Waals surface area contributed by atoms with Gasteiger partial charge in [-0.15, -0.1) is 0 Å². The van der Waals surface area contributed by atoms with Gasteiger partial charge in [-0.25, -0.2) is 14.3 Å². The first-order valence-corrected chi connectivity index (χ1v) is 9.11. The lowest BCUT2D eigenvalue weighted by Gasteiger charge is -2.12. The van der Waals surface area contributed by atoms with Crippen molar-refractivity contribution in [1.82, 2.24) is 34.5 Å². The van der Waals surface area contributed by atoms with Gasteiger partial charge in [-0.1, -0.05) is 6.07 Å². The Hall–Kier alpha value is -3.74. The standard InChI is InChI=1S/C21H19N7/c1-14-10-15(2)19(18(11-14)27-9-3-6-23-27)20-25-17-12-24-28(21(17)26-20)13-16-4-7-22-8-5-16/h3-12H,13H2,1-2H3,(H,25,26). The molecule has 0 unspecified atom stereocenters. The molecule has 0 aliphatic rings. The van der Waals surface area contributed by atoms with Crippen molar-refractivity contribution in [3.05, 3.63) is 78.0 Å². The summed E-state index contributed by atoms with van der Waals surface area (Å²) in [6.07, 6.45) is 9.14. The van der Waals surface area contributed by atoms with E-state index in [0.717, 1.165) is 39.4 Å². The molecule has 5 rings (SSSR count). The van der Waals surface area contributed by atoms with E-state index in [1.165, 1.54) is 5.56 Å². The topological polar surface area (TPSA) is 77.2 Å². The highest BCUT2D eigenvalue weighted by Crippen LogP contribution is 2.31. The monoisotopic (exact) mass is 369 g/mol. The molecule has 4 aromatic heterocycles. The second-order valence-corrected chi connectivity index (χ2v) is 6.91. The zero-order chi connectivity index (χ0) is 19.1. The van der Waals surface area contributed by atoms with Crippen LogP contribution in [-0.2, 0) is 6.54 Å². The number of rotatable bonds is 4. The maximum absolute atomic E-state index is 4.89. The number of nitrogens with zero attached hydrogens (tertiary/aromatic N) is 6. The van der Waals surface area contributed by atoms with Crippen LogP contribution in [-0.4, -0.2) is 34.5 Å². The zero-order valence-corrected chi connectivity index (χ0v) is 15.7. The van der Waals surface area contributed by atoms with E-state index in [1.807, 2.05) is 40.0 Å². The first-order chi connectivity index (χ1) is 13.7. The number of benzene rings is 1. The van der Waals surface area contributed by atoms with Gasteiger partial charge < -0.3 is 4.98 Å². The van der Waals surface area contributed by atoms with Gasteiger partial charge in [-0.3, -0.25) is 4.98 Å². The van der Waals surface area contributed by atoms with Crippen molar-refractivity contribution in [2.45, 2.75) is 20.4 Å².